The Kier molecular flexibility index (Phi) is 6.24. The van der Waals surface area contributed by atoms with Gasteiger partial charge in [0.2, 0.25) is 0 Å². The number of carbonyl (C=O) groups is 2. The maximum Gasteiger partial charge on any atom is 0.270 e. The van der Waals surface area contributed by atoms with Gasteiger partial charge in [-0.3, -0.25) is 14.6 Å². The molecule has 3 aromatic rings. The van der Waals surface area contributed by atoms with Gasteiger partial charge in [-0.25, -0.2) is 0 Å². The van der Waals surface area contributed by atoms with E-state index in [2.05, 4.69) is 15.6 Å². The smallest absolute Gasteiger partial charge is 0.270 e. The first-order valence-corrected chi connectivity index (χ1v) is 8.87. The van der Waals surface area contributed by atoms with Crippen molar-refractivity contribution in [3.63, 3.8) is 0 Å². The Hall–Kier alpha value is -3.38. The van der Waals surface area contributed by atoms with E-state index < -0.39 is 0 Å². The lowest BCUT2D eigenvalue weighted by Crippen LogP contribution is -2.24. The van der Waals surface area contributed by atoms with E-state index in [4.69, 9.17) is 16.3 Å². The molecule has 0 aliphatic heterocycles. The normalized spacial score (nSPS) is 10.2. The Labute approximate surface area is 167 Å². The summed E-state index contributed by atoms with van der Waals surface area (Å²) in [6.07, 6.45) is 1.43. The second kappa shape index (κ2) is 9.01. The topological polar surface area (TPSA) is 80.3 Å². The molecule has 28 heavy (non-hydrogen) atoms. The van der Waals surface area contributed by atoms with Crippen LogP contribution in [0.15, 0.2) is 66.9 Å². The van der Waals surface area contributed by atoms with Gasteiger partial charge < -0.3 is 15.4 Å². The van der Waals surface area contributed by atoms with Crippen LogP contribution in [-0.4, -0.2) is 23.9 Å². The summed E-state index contributed by atoms with van der Waals surface area (Å²) in [7, 11) is 1.57. The first-order valence-electron chi connectivity index (χ1n) is 8.50. The molecule has 0 aliphatic rings. The van der Waals surface area contributed by atoms with Crippen LogP contribution >= 0.6 is 11.6 Å². The number of para-hydroxylation sites is 1. The second-order valence-corrected chi connectivity index (χ2v) is 6.32. The largest absolute Gasteiger partial charge is 0.496 e. The number of ether oxygens (including phenoxy) is 1. The minimum atomic E-state index is -0.382. The fraction of sp³-hybridized carbons (Fsp3) is 0.0952. The molecule has 0 spiro atoms. The van der Waals surface area contributed by atoms with Gasteiger partial charge in [-0.05, 0) is 42.5 Å². The van der Waals surface area contributed by atoms with Crippen molar-refractivity contribution in [3.8, 4) is 5.75 Å². The van der Waals surface area contributed by atoms with E-state index in [9.17, 15) is 9.59 Å². The van der Waals surface area contributed by atoms with Crippen LogP contribution in [0.3, 0.4) is 0 Å². The summed E-state index contributed by atoms with van der Waals surface area (Å²) < 4.78 is 5.27. The Morgan fingerprint density at radius 3 is 2.54 bits per heavy atom. The van der Waals surface area contributed by atoms with Gasteiger partial charge >= 0.3 is 0 Å². The number of pyridine rings is 1. The molecule has 7 heteroatoms. The zero-order valence-corrected chi connectivity index (χ0v) is 15.9. The predicted molar refractivity (Wildman–Crippen MR) is 108 cm³/mol. The van der Waals surface area contributed by atoms with Crippen LogP contribution in [0, 0.1) is 0 Å². The third-order valence-corrected chi connectivity index (χ3v) is 4.24. The van der Waals surface area contributed by atoms with E-state index in [1.54, 1.807) is 37.4 Å². The number of halogens is 1. The maximum atomic E-state index is 12.4. The number of hydrogen-bond acceptors (Lipinski definition) is 4. The molecule has 3 rings (SSSR count). The van der Waals surface area contributed by atoms with E-state index in [0.29, 0.717) is 22.0 Å². The summed E-state index contributed by atoms with van der Waals surface area (Å²) in [5.41, 5.74) is 1.93. The molecule has 2 aromatic carbocycles. The lowest BCUT2D eigenvalue weighted by atomic mass is 10.2. The van der Waals surface area contributed by atoms with Crippen LogP contribution in [0.4, 0.5) is 5.69 Å². The van der Waals surface area contributed by atoms with Gasteiger partial charge in [-0.15, -0.1) is 0 Å². The third kappa shape index (κ3) is 4.86. The van der Waals surface area contributed by atoms with Gasteiger partial charge in [-0.2, -0.15) is 0 Å². The average molecular weight is 396 g/mol. The highest BCUT2D eigenvalue weighted by Crippen LogP contribution is 2.17. The van der Waals surface area contributed by atoms with E-state index in [1.807, 2.05) is 24.3 Å². The zero-order valence-electron chi connectivity index (χ0n) is 15.1. The molecule has 0 fully saturated rings. The number of aromatic nitrogens is 1. The van der Waals surface area contributed by atoms with Crippen molar-refractivity contribution in [2.24, 2.45) is 0 Å². The Bertz CT molecular complexity index is 990. The van der Waals surface area contributed by atoms with E-state index in [-0.39, 0.29) is 24.1 Å². The minimum absolute atomic E-state index is 0.152. The zero-order chi connectivity index (χ0) is 19.9. The highest BCUT2D eigenvalue weighted by Gasteiger charge is 2.13. The average Bonchev–Trinajstić information content (AvgIpc) is 2.74. The lowest BCUT2D eigenvalue weighted by molar-refractivity contribution is 0.0945. The van der Waals surface area contributed by atoms with Crippen LogP contribution in [0.2, 0.25) is 5.02 Å². The van der Waals surface area contributed by atoms with Crippen molar-refractivity contribution in [1.82, 2.24) is 10.3 Å². The van der Waals surface area contributed by atoms with Crippen molar-refractivity contribution >= 4 is 29.1 Å². The van der Waals surface area contributed by atoms with Crippen LogP contribution < -0.4 is 15.4 Å². The maximum absolute atomic E-state index is 12.4. The van der Waals surface area contributed by atoms with Crippen molar-refractivity contribution < 1.29 is 14.3 Å². The number of carbonyl (C=O) groups excluding carboxylic acids is 2. The van der Waals surface area contributed by atoms with Gasteiger partial charge in [0, 0.05) is 34.6 Å². The quantitative estimate of drug-likeness (QED) is 0.662. The van der Waals surface area contributed by atoms with Crippen molar-refractivity contribution in [2.45, 2.75) is 6.54 Å². The number of methoxy groups -OCH3 is 1. The summed E-state index contributed by atoms with van der Waals surface area (Å²) >= 11 is 5.84. The van der Waals surface area contributed by atoms with Gasteiger partial charge in [0.1, 0.15) is 11.4 Å². The van der Waals surface area contributed by atoms with Gasteiger partial charge in [0.15, 0.2) is 0 Å². The molecule has 142 valence electrons. The molecular weight excluding hydrogens is 378 g/mol. The summed E-state index contributed by atoms with van der Waals surface area (Å²) in [6, 6.07) is 17.2. The number of hydrogen-bond donors (Lipinski definition) is 2. The molecule has 1 heterocycles. The molecule has 0 radical (unpaired) electrons. The molecule has 0 atom stereocenters. The predicted octanol–water partition coefficient (Wildman–Crippen LogP) is 3.93. The number of nitrogens with zero attached hydrogens (tertiary/aromatic N) is 1. The molecule has 2 amide bonds. The molecular formula is C21H18ClN3O3. The molecule has 0 unspecified atom stereocenters. The van der Waals surface area contributed by atoms with Crippen molar-refractivity contribution in [1.29, 1.82) is 0 Å². The molecule has 0 saturated carbocycles. The van der Waals surface area contributed by atoms with E-state index in [1.165, 1.54) is 12.3 Å². The Morgan fingerprint density at radius 1 is 1.04 bits per heavy atom. The van der Waals surface area contributed by atoms with Gasteiger partial charge in [0.25, 0.3) is 11.8 Å². The van der Waals surface area contributed by atoms with Crippen LogP contribution in [0.5, 0.6) is 5.75 Å². The van der Waals surface area contributed by atoms with Crippen molar-refractivity contribution in [2.75, 3.05) is 12.4 Å². The number of nitrogens with one attached hydrogen (secondary N) is 2. The lowest BCUT2D eigenvalue weighted by Gasteiger charge is -2.10. The molecule has 0 aliphatic carbocycles. The number of rotatable bonds is 6. The molecule has 1 aromatic heterocycles. The number of anilines is 1. The fourth-order valence-corrected chi connectivity index (χ4v) is 2.67. The second-order valence-electron chi connectivity index (χ2n) is 5.89. The molecule has 2 N–H and O–H groups in total. The summed E-state index contributed by atoms with van der Waals surface area (Å²) in [5, 5.41) is 6.11. The number of benzene rings is 2. The Balaban J connectivity index is 1.67. The van der Waals surface area contributed by atoms with Crippen LogP contribution in [0.25, 0.3) is 0 Å². The standard InChI is InChI=1S/C21H18ClN3O3/c1-28-19-5-3-2-4-15(19)13-24-21(27)18-12-14(10-11-23-18)20(26)25-17-8-6-16(22)7-9-17/h2-12H,13H2,1H3,(H,24,27)(H,25,26). The van der Waals surface area contributed by atoms with Crippen LogP contribution in [-0.2, 0) is 6.54 Å². The van der Waals surface area contributed by atoms with Gasteiger partial charge in [-0.1, -0.05) is 29.8 Å². The SMILES string of the molecule is COc1ccccc1CNC(=O)c1cc(C(=O)Nc2ccc(Cl)cc2)ccn1. The van der Waals surface area contributed by atoms with E-state index >= 15 is 0 Å². The minimum Gasteiger partial charge on any atom is -0.496 e. The third-order valence-electron chi connectivity index (χ3n) is 3.99. The molecule has 0 bridgehead atoms. The monoisotopic (exact) mass is 395 g/mol. The molecule has 6 nitrogen and oxygen atoms in total. The van der Waals surface area contributed by atoms with Crippen LogP contribution in [0.1, 0.15) is 26.4 Å². The summed E-state index contributed by atoms with van der Waals surface area (Å²) in [4.78, 5) is 28.9. The first-order chi connectivity index (χ1) is 13.6. The van der Waals surface area contributed by atoms with E-state index in [0.717, 1.165) is 5.56 Å². The number of amides is 2. The molecule has 0 saturated heterocycles. The highest BCUT2D eigenvalue weighted by molar-refractivity contribution is 6.30. The fourth-order valence-electron chi connectivity index (χ4n) is 2.55. The summed E-state index contributed by atoms with van der Waals surface area (Å²) in [6.45, 7) is 0.283. The highest BCUT2D eigenvalue weighted by atomic mass is 35.5. The van der Waals surface area contributed by atoms with Gasteiger partial charge in [0.05, 0.1) is 7.11 Å². The van der Waals surface area contributed by atoms with Crippen molar-refractivity contribution in [3.05, 3.63) is 88.7 Å². The first kappa shape index (κ1) is 19.4. The summed E-state index contributed by atoms with van der Waals surface area (Å²) in [5.74, 6) is -0.0394. The Morgan fingerprint density at radius 2 is 1.79 bits per heavy atom.